The molecule has 3 amide bonds. The molecule has 2 aromatic carbocycles. The van der Waals surface area contributed by atoms with Crippen molar-refractivity contribution in [3.8, 4) is 0 Å². The first-order chi connectivity index (χ1) is 11.0. The smallest absolute Gasteiger partial charge is 0.337 e. The fourth-order valence-corrected chi connectivity index (χ4v) is 2.01. The van der Waals surface area contributed by atoms with Crippen LogP contribution in [0, 0.1) is 0 Å². The zero-order valence-corrected chi connectivity index (χ0v) is 13.2. The van der Waals surface area contributed by atoms with E-state index in [2.05, 4.69) is 16.2 Å². The summed E-state index contributed by atoms with van der Waals surface area (Å²) < 4.78 is 0. The molecular weight excluding hydrogens is 341 g/mol. The summed E-state index contributed by atoms with van der Waals surface area (Å²) in [6.07, 6.45) is -1.39. The van der Waals surface area contributed by atoms with Gasteiger partial charge < -0.3 is 10.4 Å². The van der Waals surface area contributed by atoms with Crippen LogP contribution in [0.3, 0.4) is 0 Å². The van der Waals surface area contributed by atoms with Gasteiger partial charge in [0.15, 0.2) is 6.10 Å². The minimum atomic E-state index is -1.39. The lowest BCUT2D eigenvalue weighted by atomic mass is 10.1. The fourth-order valence-electron chi connectivity index (χ4n) is 1.71. The van der Waals surface area contributed by atoms with Gasteiger partial charge in [0.1, 0.15) is 0 Å². The van der Waals surface area contributed by atoms with E-state index in [9.17, 15) is 14.7 Å². The Kier molecular flexibility index (Phi) is 5.81. The number of aliphatic hydroxyl groups is 1. The van der Waals surface area contributed by atoms with Crippen LogP contribution in [-0.2, 0) is 4.79 Å². The predicted molar refractivity (Wildman–Crippen MR) is 88.2 cm³/mol. The first-order valence-electron chi connectivity index (χ1n) is 6.52. The number of hydrogen-bond donors (Lipinski definition) is 4. The number of anilines is 1. The molecular formula is C15H13Cl2N3O3. The van der Waals surface area contributed by atoms with Crippen LogP contribution >= 0.6 is 23.2 Å². The second-order valence-corrected chi connectivity index (χ2v) is 5.32. The van der Waals surface area contributed by atoms with E-state index in [-0.39, 0.29) is 5.02 Å². The minimum absolute atomic E-state index is 0.285. The minimum Gasteiger partial charge on any atom is -0.378 e. The topological polar surface area (TPSA) is 90.5 Å². The third-order valence-electron chi connectivity index (χ3n) is 2.84. The van der Waals surface area contributed by atoms with Crippen LogP contribution in [0.4, 0.5) is 10.5 Å². The van der Waals surface area contributed by atoms with Gasteiger partial charge >= 0.3 is 6.03 Å². The number of rotatable bonds is 3. The van der Waals surface area contributed by atoms with Gasteiger partial charge in [-0.25, -0.2) is 10.2 Å². The van der Waals surface area contributed by atoms with E-state index in [0.717, 1.165) is 0 Å². The molecule has 2 rings (SSSR count). The molecule has 4 N–H and O–H groups in total. The van der Waals surface area contributed by atoms with Crippen molar-refractivity contribution in [1.29, 1.82) is 0 Å². The normalized spacial score (nSPS) is 11.4. The lowest BCUT2D eigenvalue weighted by Crippen LogP contribution is -2.45. The van der Waals surface area contributed by atoms with E-state index in [1.54, 1.807) is 36.4 Å². The highest BCUT2D eigenvalue weighted by Gasteiger charge is 2.17. The van der Waals surface area contributed by atoms with Gasteiger partial charge in [-0.2, -0.15) is 0 Å². The number of carbonyl (C=O) groups is 2. The largest absolute Gasteiger partial charge is 0.378 e. The molecule has 120 valence electrons. The molecule has 0 aliphatic carbocycles. The lowest BCUT2D eigenvalue weighted by Gasteiger charge is -2.13. The summed E-state index contributed by atoms with van der Waals surface area (Å²) >= 11 is 11.6. The van der Waals surface area contributed by atoms with E-state index < -0.39 is 18.0 Å². The number of aliphatic hydroxyl groups excluding tert-OH is 1. The van der Waals surface area contributed by atoms with Crippen LogP contribution in [0.25, 0.3) is 0 Å². The summed E-state index contributed by atoms with van der Waals surface area (Å²) in [6, 6.07) is 12.2. The van der Waals surface area contributed by atoms with Crippen LogP contribution in [0.5, 0.6) is 0 Å². The Morgan fingerprint density at radius 3 is 2.30 bits per heavy atom. The molecule has 0 bridgehead atoms. The molecule has 6 nitrogen and oxygen atoms in total. The van der Waals surface area contributed by atoms with Crippen molar-refractivity contribution in [3.05, 3.63) is 64.1 Å². The average molecular weight is 354 g/mol. The highest BCUT2D eigenvalue weighted by atomic mass is 35.5. The predicted octanol–water partition coefficient (Wildman–Crippen LogP) is 2.88. The highest BCUT2D eigenvalue weighted by molar-refractivity contribution is 6.42. The van der Waals surface area contributed by atoms with Crippen LogP contribution in [0.15, 0.2) is 48.5 Å². The molecule has 1 atom stereocenters. The summed E-state index contributed by atoms with van der Waals surface area (Å²) in [5.74, 6) is -0.763. The maximum atomic E-state index is 11.8. The highest BCUT2D eigenvalue weighted by Crippen LogP contribution is 2.24. The summed E-state index contributed by atoms with van der Waals surface area (Å²) in [5, 5.41) is 12.9. The van der Waals surface area contributed by atoms with E-state index in [4.69, 9.17) is 23.2 Å². The number of amides is 3. The van der Waals surface area contributed by atoms with Crippen LogP contribution in [0.2, 0.25) is 10.0 Å². The van der Waals surface area contributed by atoms with Crippen LogP contribution in [-0.4, -0.2) is 17.0 Å². The number of benzene rings is 2. The second-order valence-electron chi connectivity index (χ2n) is 4.51. The van der Waals surface area contributed by atoms with Crippen LogP contribution < -0.4 is 16.2 Å². The van der Waals surface area contributed by atoms with Crippen molar-refractivity contribution in [3.63, 3.8) is 0 Å². The van der Waals surface area contributed by atoms with Gasteiger partial charge in [-0.15, -0.1) is 0 Å². The summed E-state index contributed by atoms with van der Waals surface area (Å²) in [5.41, 5.74) is 5.06. The average Bonchev–Trinajstić information content (AvgIpc) is 2.56. The van der Waals surface area contributed by atoms with E-state index in [1.165, 1.54) is 12.1 Å². The van der Waals surface area contributed by atoms with Gasteiger partial charge in [-0.1, -0.05) is 53.5 Å². The first kappa shape index (κ1) is 17.1. The Bertz CT molecular complexity index is 710. The molecule has 0 aliphatic rings. The molecule has 0 aromatic heterocycles. The maximum Gasteiger partial charge on any atom is 0.337 e. The van der Waals surface area contributed by atoms with E-state index >= 15 is 0 Å². The van der Waals surface area contributed by atoms with Gasteiger partial charge in [0, 0.05) is 5.69 Å². The summed E-state index contributed by atoms with van der Waals surface area (Å²) in [7, 11) is 0. The summed E-state index contributed by atoms with van der Waals surface area (Å²) in [4.78, 5) is 23.4. The van der Waals surface area contributed by atoms with Gasteiger partial charge in [-0.05, 0) is 23.8 Å². The molecule has 0 fully saturated rings. The molecule has 0 aliphatic heterocycles. The Labute approximate surface area is 142 Å². The third kappa shape index (κ3) is 4.85. The molecule has 0 spiro atoms. The van der Waals surface area contributed by atoms with Crippen molar-refractivity contribution in [2.24, 2.45) is 0 Å². The quantitative estimate of drug-likeness (QED) is 0.639. The molecule has 0 unspecified atom stereocenters. The van der Waals surface area contributed by atoms with Crippen LogP contribution in [0.1, 0.15) is 11.7 Å². The number of nitrogens with one attached hydrogen (secondary N) is 3. The van der Waals surface area contributed by atoms with E-state index in [0.29, 0.717) is 16.3 Å². The Morgan fingerprint density at radius 2 is 1.65 bits per heavy atom. The zero-order chi connectivity index (χ0) is 16.8. The maximum absolute atomic E-state index is 11.8. The Hall–Kier alpha value is -2.28. The van der Waals surface area contributed by atoms with Crippen molar-refractivity contribution < 1.29 is 14.7 Å². The molecule has 8 heteroatoms. The first-order valence-corrected chi connectivity index (χ1v) is 7.28. The van der Waals surface area contributed by atoms with Gasteiger partial charge in [0.05, 0.1) is 10.0 Å². The fraction of sp³-hybridized carbons (Fsp3) is 0.0667. The molecule has 0 heterocycles. The third-order valence-corrected chi connectivity index (χ3v) is 3.58. The molecule has 2 aromatic rings. The number of carbonyl (C=O) groups excluding carboxylic acids is 2. The number of halogens is 2. The lowest BCUT2D eigenvalue weighted by molar-refractivity contribution is -0.130. The monoisotopic (exact) mass is 353 g/mol. The zero-order valence-electron chi connectivity index (χ0n) is 11.7. The molecule has 23 heavy (non-hydrogen) atoms. The van der Waals surface area contributed by atoms with Gasteiger partial charge in [0.25, 0.3) is 5.91 Å². The molecule has 0 radical (unpaired) electrons. The molecule has 0 saturated carbocycles. The van der Waals surface area contributed by atoms with Crippen molar-refractivity contribution in [1.82, 2.24) is 10.9 Å². The SMILES string of the molecule is O=C(NNC(=O)[C@H](O)c1ccccc1)Nc1ccc(Cl)c(Cl)c1. The Morgan fingerprint density at radius 1 is 0.957 bits per heavy atom. The van der Waals surface area contributed by atoms with Crippen molar-refractivity contribution in [2.45, 2.75) is 6.10 Å². The number of urea groups is 1. The Balaban J connectivity index is 1.86. The van der Waals surface area contributed by atoms with Gasteiger partial charge in [0.2, 0.25) is 0 Å². The van der Waals surface area contributed by atoms with Crippen molar-refractivity contribution >= 4 is 40.8 Å². The summed E-state index contributed by atoms with van der Waals surface area (Å²) in [6.45, 7) is 0. The standard InChI is InChI=1S/C15H13Cl2N3O3/c16-11-7-6-10(8-12(11)17)18-15(23)20-19-14(22)13(21)9-4-2-1-3-5-9/h1-8,13,21H,(H,19,22)(H2,18,20,23)/t13-/m1/s1. The second kappa shape index (κ2) is 7.82. The van der Waals surface area contributed by atoms with E-state index in [1.807, 2.05) is 0 Å². The van der Waals surface area contributed by atoms with Crippen molar-refractivity contribution in [2.75, 3.05) is 5.32 Å². The van der Waals surface area contributed by atoms with Gasteiger partial charge in [-0.3, -0.25) is 10.2 Å². The molecule has 0 saturated heterocycles. The number of hydrazine groups is 1. The number of hydrogen-bond acceptors (Lipinski definition) is 3.